The lowest BCUT2D eigenvalue weighted by Crippen LogP contribution is -2.41. The fourth-order valence-electron chi connectivity index (χ4n) is 2.30. The van der Waals surface area contributed by atoms with Gasteiger partial charge in [-0.15, -0.1) is 11.3 Å². The fourth-order valence-corrected chi connectivity index (χ4v) is 3.41. The molecule has 0 saturated carbocycles. The normalized spacial score (nSPS) is 19.0. The summed E-state index contributed by atoms with van der Waals surface area (Å²) in [7, 11) is 0. The highest BCUT2D eigenvalue weighted by atomic mass is 32.1. The number of likely N-dealkylation sites (tertiary alicyclic amines) is 1. The summed E-state index contributed by atoms with van der Waals surface area (Å²) in [6, 6.07) is 1.08. The summed E-state index contributed by atoms with van der Waals surface area (Å²) in [6.07, 6.45) is -4.13. The van der Waals surface area contributed by atoms with Crippen molar-refractivity contribution in [3.63, 3.8) is 0 Å². The van der Waals surface area contributed by atoms with Gasteiger partial charge in [-0.2, -0.15) is 13.2 Å². The zero-order valence-corrected chi connectivity index (χ0v) is 13.2. The van der Waals surface area contributed by atoms with E-state index in [-0.39, 0.29) is 24.4 Å². The highest BCUT2D eigenvalue weighted by molar-refractivity contribution is 7.12. The van der Waals surface area contributed by atoms with E-state index in [1.165, 1.54) is 11.8 Å². The van der Waals surface area contributed by atoms with Crippen molar-refractivity contribution in [1.29, 1.82) is 0 Å². The number of nitrogens with zero attached hydrogens (tertiary/aromatic N) is 1. The van der Waals surface area contributed by atoms with Crippen molar-refractivity contribution < 1.29 is 22.0 Å². The van der Waals surface area contributed by atoms with Gasteiger partial charge >= 0.3 is 6.18 Å². The standard InChI is InChI=1S/C12H14F5NS.C2H6/c1-8-10(12(15,16)17)5-9(19-8)6-18-4-2-3-11(13,14)7-18;1-2/h5H,2-4,6-7H2,1H3;1-2H3. The number of hydrogen-bond acceptors (Lipinski definition) is 2. The lowest BCUT2D eigenvalue weighted by atomic mass is 10.1. The Labute approximate surface area is 125 Å². The molecule has 0 bridgehead atoms. The van der Waals surface area contributed by atoms with E-state index in [0.717, 1.165) is 17.4 Å². The zero-order chi connectivity index (χ0) is 16.3. The quantitative estimate of drug-likeness (QED) is 0.663. The minimum Gasteiger partial charge on any atom is -0.292 e. The van der Waals surface area contributed by atoms with Gasteiger partial charge in [0.15, 0.2) is 0 Å². The lowest BCUT2D eigenvalue weighted by molar-refractivity contribution is -0.137. The molecule has 1 aromatic heterocycles. The summed E-state index contributed by atoms with van der Waals surface area (Å²) in [4.78, 5) is 2.20. The molecule has 0 aliphatic carbocycles. The molecule has 1 fully saturated rings. The van der Waals surface area contributed by atoms with Crippen molar-refractivity contribution in [2.45, 2.75) is 52.3 Å². The predicted molar refractivity (Wildman–Crippen MR) is 74.9 cm³/mol. The molecule has 0 unspecified atom stereocenters. The predicted octanol–water partition coefficient (Wildman–Crippen LogP) is 5.33. The van der Waals surface area contributed by atoms with Crippen LogP contribution in [0.1, 0.15) is 42.0 Å². The molecule has 1 aliphatic heterocycles. The van der Waals surface area contributed by atoms with E-state index in [1.54, 1.807) is 0 Å². The van der Waals surface area contributed by atoms with Crippen molar-refractivity contribution in [3.8, 4) is 0 Å². The largest absolute Gasteiger partial charge is 0.417 e. The van der Waals surface area contributed by atoms with Crippen molar-refractivity contribution in [2.75, 3.05) is 13.1 Å². The summed E-state index contributed by atoms with van der Waals surface area (Å²) in [5, 5.41) is 0. The summed E-state index contributed by atoms with van der Waals surface area (Å²) in [6.45, 7) is 5.71. The van der Waals surface area contributed by atoms with Crippen LogP contribution < -0.4 is 0 Å². The molecule has 7 heteroatoms. The molecular weight excluding hydrogens is 309 g/mol. The molecule has 0 aromatic carbocycles. The van der Waals surface area contributed by atoms with Gasteiger partial charge in [0.05, 0.1) is 12.1 Å². The molecule has 122 valence electrons. The maximum atomic E-state index is 13.2. The van der Waals surface area contributed by atoms with Gasteiger partial charge in [0.1, 0.15) is 0 Å². The van der Waals surface area contributed by atoms with Gasteiger partial charge in [-0.05, 0) is 26.0 Å². The molecule has 0 N–H and O–H groups in total. The Hall–Kier alpha value is -0.690. The summed E-state index contributed by atoms with van der Waals surface area (Å²) >= 11 is 1.03. The van der Waals surface area contributed by atoms with Gasteiger partial charge in [-0.25, -0.2) is 8.78 Å². The minimum atomic E-state index is -4.37. The first-order valence-electron chi connectivity index (χ1n) is 6.94. The Morgan fingerprint density at radius 3 is 2.38 bits per heavy atom. The Balaban J connectivity index is 0.00000106. The topological polar surface area (TPSA) is 3.24 Å². The Bertz CT molecular complexity index is 453. The monoisotopic (exact) mass is 329 g/mol. The lowest BCUT2D eigenvalue weighted by Gasteiger charge is -2.31. The first kappa shape index (κ1) is 18.4. The third-order valence-electron chi connectivity index (χ3n) is 3.13. The van der Waals surface area contributed by atoms with Gasteiger partial charge in [0.2, 0.25) is 0 Å². The van der Waals surface area contributed by atoms with Gasteiger partial charge in [-0.3, -0.25) is 4.90 Å². The fraction of sp³-hybridized carbons (Fsp3) is 0.714. The third-order valence-corrected chi connectivity index (χ3v) is 4.16. The second kappa shape index (κ2) is 7.05. The van der Waals surface area contributed by atoms with Crippen LogP contribution in [0.3, 0.4) is 0 Å². The molecule has 2 rings (SSSR count). The number of rotatable bonds is 2. The Morgan fingerprint density at radius 2 is 1.90 bits per heavy atom. The highest BCUT2D eigenvalue weighted by Gasteiger charge is 2.36. The molecule has 1 aromatic rings. The molecule has 1 aliphatic rings. The summed E-state index contributed by atoms with van der Waals surface area (Å²) < 4.78 is 64.3. The van der Waals surface area contributed by atoms with Crippen molar-refractivity contribution >= 4 is 11.3 Å². The smallest absolute Gasteiger partial charge is 0.292 e. The van der Waals surface area contributed by atoms with Crippen molar-refractivity contribution in [1.82, 2.24) is 4.90 Å². The van der Waals surface area contributed by atoms with Crippen LogP contribution in [0.25, 0.3) is 0 Å². The van der Waals surface area contributed by atoms with Gasteiger partial charge in [0, 0.05) is 22.7 Å². The van der Waals surface area contributed by atoms with Crippen molar-refractivity contribution in [3.05, 3.63) is 21.4 Å². The molecule has 1 nitrogen and oxygen atoms in total. The average molecular weight is 329 g/mol. The SMILES string of the molecule is CC.Cc1sc(CN2CCCC(F)(F)C2)cc1C(F)(F)F. The van der Waals surface area contributed by atoms with Gasteiger partial charge in [0.25, 0.3) is 5.92 Å². The second-order valence-electron chi connectivity index (χ2n) is 4.85. The maximum Gasteiger partial charge on any atom is 0.417 e. The number of piperidine rings is 1. The first-order valence-corrected chi connectivity index (χ1v) is 7.76. The van der Waals surface area contributed by atoms with E-state index in [1.807, 2.05) is 13.8 Å². The molecule has 0 amide bonds. The van der Waals surface area contributed by atoms with Crippen LogP contribution >= 0.6 is 11.3 Å². The number of aryl methyl sites for hydroxylation is 1. The van der Waals surface area contributed by atoms with Crippen LogP contribution in [0.2, 0.25) is 0 Å². The molecular formula is C14H20F5NS. The van der Waals surface area contributed by atoms with E-state index in [4.69, 9.17) is 0 Å². The molecule has 0 spiro atoms. The average Bonchev–Trinajstić information content (AvgIpc) is 2.71. The van der Waals surface area contributed by atoms with Crippen LogP contribution in [-0.4, -0.2) is 23.9 Å². The summed E-state index contributed by atoms with van der Waals surface area (Å²) in [5.74, 6) is -2.72. The summed E-state index contributed by atoms with van der Waals surface area (Å²) in [5.41, 5.74) is -0.656. The van der Waals surface area contributed by atoms with E-state index in [0.29, 0.717) is 17.8 Å². The van der Waals surface area contributed by atoms with Crippen LogP contribution in [0, 0.1) is 6.92 Å². The molecule has 1 saturated heterocycles. The van der Waals surface area contributed by atoms with Crippen LogP contribution in [-0.2, 0) is 12.7 Å². The van der Waals surface area contributed by atoms with Crippen LogP contribution in [0.5, 0.6) is 0 Å². The van der Waals surface area contributed by atoms with Gasteiger partial charge < -0.3 is 0 Å². The molecule has 21 heavy (non-hydrogen) atoms. The van der Waals surface area contributed by atoms with Crippen LogP contribution in [0.15, 0.2) is 6.07 Å². The van der Waals surface area contributed by atoms with Gasteiger partial charge in [-0.1, -0.05) is 13.8 Å². The maximum absolute atomic E-state index is 13.2. The van der Waals surface area contributed by atoms with E-state index < -0.39 is 17.7 Å². The van der Waals surface area contributed by atoms with Crippen LogP contribution in [0.4, 0.5) is 22.0 Å². The molecule has 0 radical (unpaired) electrons. The minimum absolute atomic E-state index is 0.138. The number of alkyl halides is 5. The zero-order valence-electron chi connectivity index (χ0n) is 12.4. The van der Waals surface area contributed by atoms with E-state index in [9.17, 15) is 22.0 Å². The second-order valence-corrected chi connectivity index (χ2v) is 6.19. The highest BCUT2D eigenvalue weighted by Crippen LogP contribution is 2.37. The Morgan fingerprint density at radius 1 is 1.29 bits per heavy atom. The number of hydrogen-bond donors (Lipinski definition) is 0. The van der Waals surface area contributed by atoms with Crippen molar-refractivity contribution in [2.24, 2.45) is 0 Å². The van der Waals surface area contributed by atoms with E-state index >= 15 is 0 Å². The Kier molecular flexibility index (Phi) is 6.16. The van der Waals surface area contributed by atoms with E-state index in [2.05, 4.69) is 0 Å². The molecule has 2 heterocycles. The number of halogens is 5. The third kappa shape index (κ3) is 5.21. The molecule has 0 atom stereocenters. The first-order chi connectivity index (χ1) is 9.67. The number of thiophene rings is 1.